The van der Waals surface area contributed by atoms with Gasteiger partial charge in [-0.05, 0) is 38.5 Å². The number of benzene rings is 1. The molecule has 0 saturated carbocycles. The maximum absolute atomic E-state index is 11.1. The monoisotopic (exact) mass is 255 g/mol. The smallest absolute Gasteiger partial charge is 0.235 e. The largest absolute Gasteiger partial charge is 0.491 e. The number of carbonyl (C=O) groups is 1. The number of ether oxygens (including phenoxy) is 1. The van der Waals surface area contributed by atoms with Crippen molar-refractivity contribution < 1.29 is 9.53 Å². The van der Waals surface area contributed by atoms with Gasteiger partial charge in [-0.15, -0.1) is 11.6 Å². The lowest BCUT2D eigenvalue weighted by atomic mass is 10.1. The van der Waals surface area contributed by atoms with Gasteiger partial charge >= 0.3 is 0 Å². The van der Waals surface area contributed by atoms with Gasteiger partial charge < -0.3 is 10.1 Å². The summed E-state index contributed by atoms with van der Waals surface area (Å²) >= 11 is 5.43. The molecule has 0 saturated heterocycles. The first kappa shape index (κ1) is 13.8. The molecule has 17 heavy (non-hydrogen) atoms. The lowest BCUT2D eigenvalue weighted by Crippen LogP contribution is -2.27. The van der Waals surface area contributed by atoms with E-state index in [2.05, 4.69) is 5.32 Å². The molecule has 0 heterocycles. The normalized spacial score (nSPS) is 12.3. The summed E-state index contributed by atoms with van der Waals surface area (Å²) in [5, 5.41) is 2.79. The topological polar surface area (TPSA) is 38.3 Å². The lowest BCUT2D eigenvalue weighted by Gasteiger charge is -2.15. The number of amides is 1. The van der Waals surface area contributed by atoms with Crippen molar-refractivity contribution in [2.24, 2.45) is 0 Å². The first-order valence-electron chi connectivity index (χ1n) is 5.65. The fourth-order valence-electron chi connectivity index (χ4n) is 1.47. The second-order valence-electron chi connectivity index (χ2n) is 4.16. The minimum atomic E-state index is -0.165. The van der Waals surface area contributed by atoms with Gasteiger partial charge in [0.25, 0.3) is 0 Å². The summed E-state index contributed by atoms with van der Waals surface area (Å²) in [5.41, 5.74) is 1.03. The Kier molecular flexibility index (Phi) is 5.29. The zero-order chi connectivity index (χ0) is 12.8. The Morgan fingerprint density at radius 2 is 1.88 bits per heavy atom. The van der Waals surface area contributed by atoms with Crippen LogP contribution in [0.1, 0.15) is 32.4 Å². The van der Waals surface area contributed by atoms with Crippen LogP contribution >= 0.6 is 11.6 Å². The number of hydrogen-bond acceptors (Lipinski definition) is 2. The minimum Gasteiger partial charge on any atom is -0.491 e. The van der Waals surface area contributed by atoms with Gasteiger partial charge in [0, 0.05) is 0 Å². The molecule has 3 nitrogen and oxygen atoms in total. The molecule has 4 heteroatoms. The highest BCUT2D eigenvalue weighted by molar-refractivity contribution is 6.27. The first-order valence-corrected chi connectivity index (χ1v) is 6.18. The number of nitrogens with one attached hydrogen (secondary N) is 1. The second kappa shape index (κ2) is 6.50. The lowest BCUT2D eigenvalue weighted by molar-refractivity contribution is -0.119. The number of hydrogen-bond donors (Lipinski definition) is 1. The van der Waals surface area contributed by atoms with E-state index in [9.17, 15) is 4.79 Å². The zero-order valence-corrected chi connectivity index (χ0v) is 11.1. The highest BCUT2D eigenvalue weighted by Gasteiger charge is 2.08. The van der Waals surface area contributed by atoms with Crippen LogP contribution in [0, 0.1) is 0 Å². The SMILES string of the molecule is CC(C)Oc1ccc(C(C)NC(=O)CCl)cc1. The van der Waals surface area contributed by atoms with Crippen molar-refractivity contribution in [1.29, 1.82) is 0 Å². The van der Waals surface area contributed by atoms with E-state index in [0.29, 0.717) is 0 Å². The fourth-order valence-corrected chi connectivity index (χ4v) is 1.55. The van der Waals surface area contributed by atoms with Gasteiger partial charge in [-0.25, -0.2) is 0 Å². The molecule has 0 aliphatic carbocycles. The Bertz CT molecular complexity index is 362. The molecule has 1 rings (SSSR count). The van der Waals surface area contributed by atoms with Gasteiger partial charge in [-0.2, -0.15) is 0 Å². The van der Waals surface area contributed by atoms with E-state index in [1.54, 1.807) is 0 Å². The molecule has 1 aromatic rings. The number of carbonyl (C=O) groups excluding carboxylic acids is 1. The summed E-state index contributed by atoms with van der Waals surface area (Å²) in [4.78, 5) is 11.1. The highest BCUT2D eigenvalue weighted by Crippen LogP contribution is 2.18. The predicted octanol–water partition coefficient (Wildman–Crippen LogP) is 2.89. The molecular weight excluding hydrogens is 238 g/mol. The molecule has 0 spiro atoms. The van der Waals surface area contributed by atoms with Gasteiger partial charge in [-0.3, -0.25) is 4.79 Å². The van der Waals surface area contributed by atoms with Crippen LogP contribution in [0.15, 0.2) is 24.3 Å². The van der Waals surface area contributed by atoms with Crippen molar-refractivity contribution in [3.05, 3.63) is 29.8 Å². The number of alkyl halides is 1. The Balaban J connectivity index is 2.63. The predicted molar refractivity (Wildman–Crippen MR) is 69.5 cm³/mol. The van der Waals surface area contributed by atoms with Crippen LogP contribution in [0.25, 0.3) is 0 Å². The molecule has 0 bridgehead atoms. The van der Waals surface area contributed by atoms with Crippen molar-refractivity contribution in [2.45, 2.75) is 32.9 Å². The van der Waals surface area contributed by atoms with E-state index >= 15 is 0 Å². The van der Waals surface area contributed by atoms with Gasteiger partial charge in [0.05, 0.1) is 12.1 Å². The van der Waals surface area contributed by atoms with E-state index in [1.807, 2.05) is 45.0 Å². The molecule has 1 amide bonds. The Hall–Kier alpha value is -1.22. The molecule has 0 aromatic heterocycles. The van der Waals surface area contributed by atoms with E-state index in [1.165, 1.54) is 0 Å². The average Bonchev–Trinajstić information content (AvgIpc) is 2.28. The third kappa shape index (κ3) is 4.65. The Morgan fingerprint density at radius 3 is 2.35 bits per heavy atom. The Labute approximate surface area is 107 Å². The summed E-state index contributed by atoms with van der Waals surface area (Å²) in [6.07, 6.45) is 0.161. The summed E-state index contributed by atoms with van der Waals surface area (Å²) in [6, 6.07) is 7.64. The van der Waals surface area contributed by atoms with E-state index in [4.69, 9.17) is 16.3 Å². The van der Waals surface area contributed by atoms with Crippen LogP contribution in [0.3, 0.4) is 0 Å². The third-order valence-electron chi connectivity index (χ3n) is 2.25. The fraction of sp³-hybridized carbons (Fsp3) is 0.462. The number of rotatable bonds is 5. The van der Waals surface area contributed by atoms with E-state index in [-0.39, 0.29) is 23.9 Å². The quantitative estimate of drug-likeness (QED) is 0.822. The van der Waals surface area contributed by atoms with Crippen LogP contribution < -0.4 is 10.1 Å². The molecule has 0 aliphatic heterocycles. The average molecular weight is 256 g/mol. The number of halogens is 1. The second-order valence-corrected chi connectivity index (χ2v) is 4.43. The van der Waals surface area contributed by atoms with Crippen molar-refractivity contribution >= 4 is 17.5 Å². The van der Waals surface area contributed by atoms with Crippen molar-refractivity contribution in [1.82, 2.24) is 5.32 Å². The van der Waals surface area contributed by atoms with Gasteiger partial charge in [-0.1, -0.05) is 12.1 Å². The molecular formula is C13H18ClNO2. The molecule has 1 unspecified atom stereocenters. The van der Waals surface area contributed by atoms with Crippen molar-refractivity contribution in [3.8, 4) is 5.75 Å². The van der Waals surface area contributed by atoms with E-state index < -0.39 is 0 Å². The molecule has 1 aromatic carbocycles. The Morgan fingerprint density at radius 1 is 1.29 bits per heavy atom. The van der Waals surface area contributed by atoms with Crippen molar-refractivity contribution in [3.63, 3.8) is 0 Å². The molecule has 1 atom stereocenters. The maximum Gasteiger partial charge on any atom is 0.235 e. The van der Waals surface area contributed by atoms with Crippen LogP contribution in [0.5, 0.6) is 5.75 Å². The van der Waals surface area contributed by atoms with Crippen LogP contribution in [-0.2, 0) is 4.79 Å². The van der Waals surface area contributed by atoms with Crippen LogP contribution in [0.4, 0.5) is 0 Å². The van der Waals surface area contributed by atoms with Gasteiger partial charge in [0.2, 0.25) is 5.91 Å². The minimum absolute atomic E-state index is 0.0150. The summed E-state index contributed by atoms with van der Waals surface area (Å²) in [6.45, 7) is 5.89. The molecule has 0 aliphatic rings. The zero-order valence-electron chi connectivity index (χ0n) is 10.4. The summed E-state index contributed by atoms with van der Waals surface area (Å²) < 4.78 is 5.54. The maximum atomic E-state index is 11.1. The third-order valence-corrected chi connectivity index (χ3v) is 2.49. The molecule has 1 N–H and O–H groups in total. The molecule has 0 radical (unpaired) electrons. The van der Waals surface area contributed by atoms with Gasteiger partial charge in [0.15, 0.2) is 0 Å². The van der Waals surface area contributed by atoms with Gasteiger partial charge in [0.1, 0.15) is 11.6 Å². The standard InChI is InChI=1S/C13H18ClNO2/c1-9(2)17-12-6-4-11(5-7-12)10(3)15-13(16)8-14/h4-7,9-10H,8H2,1-3H3,(H,15,16). The van der Waals surface area contributed by atoms with Crippen LogP contribution in [-0.4, -0.2) is 17.9 Å². The van der Waals surface area contributed by atoms with Crippen LogP contribution in [0.2, 0.25) is 0 Å². The van der Waals surface area contributed by atoms with Crippen molar-refractivity contribution in [2.75, 3.05) is 5.88 Å². The highest BCUT2D eigenvalue weighted by atomic mass is 35.5. The summed E-state index contributed by atoms with van der Waals surface area (Å²) in [5.74, 6) is 0.653. The molecule has 94 valence electrons. The summed E-state index contributed by atoms with van der Waals surface area (Å²) in [7, 11) is 0. The van der Waals surface area contributed by atoms with E-state index in [0.717, 1.165) is 11.3 Å². The molecule has 0 fully saturated rings. The first-order chi connectivity index (χ1) is 8.02.